The molecular formula is C15H21ClN2O3S. The summed E-state index contributed by atoms with van der Waals surface area (Å²) in [6, 6.07) is 3.15. The number of hydrogen-bond donors (Lipinski definition) is 1. The van der Waals surface area contributed by atoms with Crippen LogP contribution in [0.4, 0.5) is 0 Å². The van der Waals surface area contributed by atoms with Crippen molar-refractivity contribution in [2.24, 2.45) is 0 Å². The Balaban J connectivity index is 1.81. The Morgan fingerprint density at radius 2 is 2.00 bits per heavy atom. The number of nitrogens with zero attached hydrogens (tertiary/aromatic N) is 1. The first kappa shape index (κ1) is 16.1. The lowest BCUT2D eigenvalue weighted by molar-refractivity contribution is 0.248. The van der Waals surface area contributed by atoms with E-state index in [-0.39, 0.29) is 17.0 Å². The molecule has 2 aliphatic rings. The van der Waals surface area contributed by atoms with Gasteiger partial charge >= 0.3 is 0 Å². The predicted octanol–water partition coefficient (Wildman–Crippen LogP) is 2.04. The lowest BCUT2D eigenvalue weighted by atomic mass is 10.1. The van der Waals surface area contributed by atoms with Crippen LogP contribution in [-0.4, -0.2) is 45.6 Å². The minimum Gasteiger partial charge on any atom is -0.489 e. The zero-order valence-corrected chi connectivity index (χ0v) is 14.4. The van der Waals surface area contributed by atoms with Crippen LogP contribution in [0.1, 0.15) is 25.3 Å². The van der Waals surface area contributed by atoms with Crippen molar-refractivity contribution >= 4 is 21.6 Å². The van der Waals surface area contributed by atoms with E-state index in [0.717, 1.165) is 31.5 Å². The average molecular weight is 345 g/mol. The molecule has 1 atom stereocenters. The number of benzene rings is 1. The Morgan fingerprint density at radius 1 is 1.32 bits per heavy atom. The zero-order chi connectivity index (χ0) is 15.9. The molecule has 0 bridgehead atoms. The third kappa shape index (κ3) is 3.25. The van der Waals surface area contributed by atoms with Crippen LogP contribution in [0.25, 0.3) is 0 Å². The summed E-state index contributed by atoms with van der Waals surface area (Å²) < 4.78 is 33.6. The second kappa shape index (κ2) is 6.00. The van der Waals surface area contributed by atoms with Crippen LogP contribution >= 0.6 is 11.6 Å². The zero-order valence-electron chi connectivity index (χ0n) is 12.8. The molecule has 1 aromatic carbocycles. The monoisotopic (exact) mass is 344 g/mol. The van der Waals surface area contributed by atoms with Crippen molar-refractivity contribution in [1.29, 1.82) is 0 Å². The maximum Gasteiger partial charge on any atom is 0.240 e. The standard InChI is InChI=1S/C15H21ClN2O3S/c1-10-7-11-8-13(9-14(16)15(11)21-10)22(19,20)17-12-3-5-18(2)6-4-12/h8-10,12,17H,3-7H2,1-2H3/t10-/m1/s1. The van der Waals surface area contributed by atoms with Gasteiger partial charge in [-0.3, -0.25) is 0 Å². The number of halogens is 1. The molecule has 1 aromatic rings. The Bertz CT molecular complexity index is 670. The maximum atomic E-state index is 12.6. The molecule has 0 aromatic heterocycles. The number of sulfonamides is 1. The van der Waals surface area contributed by atoms with Gasteiger partial charge in [-0.25, -0.2) is 13.1 Å². The molecule has 0 aliphatic carbocycles. The fourth-order valence-corrected chi connectivity index (χ4v) is 4.76. The predicted molar refractivity (Wildman–Crippen MR) is 86.1 cm³/mol. The highest BCUT2D eigenvalue weighted by Gasteiger charge is 2.28. The molecule has 7 heteroatoms. The van der Waals surface area contributed by atoms with Gasteiger partial charge in [0.2, 0.25) is 10.0 Å². The van der Waals surface area contributed by atoms with E-state index < -0.39 is 10.0 Å². The van der Waals surface area contributed by atoms with Gasteiger partial charge in [-0.2, -0.15) is 0 Å². The molecule has 0 spiro atoms. The van der Waals surface area contributed by atoms with E-state index in [4.69, 9.17) is 16.3 Å². The minimum absolute atomic E-state index is 0.0107. The molecule has 0 radical (unpaired) electrons. The van der Waals surface area contributed by atoms with Gasteiger partial charge in [0.15, 0.2) is 0 Å². The summed E-state index contributed by atoms with van der Waals surface area (Å²) in [6.45, 7) is 3.76. The molecule has 2 heterocycles. The van der Waals surface area contributed by atoms with Crippen molar-refractivity contribution in [3.63, 3.8) is 0 Å². The summed E-state index contributed by atoms with van der Waals surface area (Å²) in [7, 11) is -1.50. The Morgan fingerprint density at radius 3 is 2.68 bits per heavy atom. The molecule has 1 saturated heterocycles. The highest BCUT2D eigenvalue weighted by atomic mass is 35.5. The van der Waals surface area contributed by atoms with Gasteiger partial charge in [-0.05, 0) is 52.0 Å². The Kier molecular flexibility index (Phi) is 4.38. The first-order valence-corrected chi connectivity index (χ1v) is 9.41. The minimum atomic E-state index is -3.55. The highest BCUT2D eigenvalue weighted by Crippen LogP contribution is 2.38. The molecule has 0 amide bonds. The SMILES string of the molecule is C[C@@H]1Cc2cc(S(=O)(=O)NC3CCN(C)CC3)cc(Cl)c2O1. The summed E-state index contributed by atoms with van der Waals surface area (Å²) in [4.78, 5) is 2.43. The Labute approximate surface area is 136 Å². The number of likely N-dealkylation sites (tertiary alicyclic amines) is 1. The molecule has 0 unspecified atom stereocenters. The van der Waals surface area contributed by atoms with Crippen molar-refractivity contribution in [2.45, 2.75) is 43.2 Å². The van der Waals surface area contributed by atoms with Crippen LogP contribution < -0.4 is 9.46 Å². The van der Waals surface area contributed by atoms with Crippen molar-refractivity contribution in [3.8, 4) is 5.75 Å². The second-order valence-electron chi connectivity index (χ2n) is 6.22. The quantitative estimate of drug-likeness (QED) is 0.911. The van der Waals surface area contributed by atoms with E-state index in [1.807, 2.05) is 14.0 Å². The number of rotatable bonds is 3. The van der Waals surface area contributed by atoms with Gasteiger partial charge < -0.3 is 9.64 Å². The number of ether oxygens (including phenoxy) is 1. The van der Waals surface area contributed by atoms with Gasteiger partial charge in [-0.15, -0.1) is 0 Å². The average Bonchev–Trinajstić information content (AvgIpc) is 2.82. The molecule has 3 rings (SSSR count). The molecule has 2 aliphatic heterocycles. The summed E-state index contributed by atoms with van der Waals surface area (Å²) in [5.41, 5.74) is 0.865. The molecule has 122 valence electrons. The van der Waals surface area contributed by atoms with E-state index in [1.165, 1.54) is 6.07 Å². The van der Waals surface area contributed by atoms with Gasteiger partial charge in [0, 0.05) is 18.0 Å². The lowest BCUT2D eigenvalue weighted by Crippen LogP contribution is -2.43. The molecule has 1 fully saturated rings. The normalized spacial score (nSPS) is 23.3. The number of hydrogen-bond acceptors (Lipinski definition) is 4. The van der Waals surface area contributed by atoms with Crippen LogP contribution in [0, 0.1) is 0 Å². The van der Waals surface area contributed by atoms with Crippen molar-refractivity contribution in [3.05, 3.63) is 22.7 Å². The van der Waals surface area contributed by atoms with Crippen molar-refractivity contribution in [1.82, 2.24) is 9.62 Å². The van der Waals surface area contributed by atoms with Crippen LogP contribution in [0.3, 0.4) is 0 Å². The molecule has 0 saturated carbocycles. The topological polar surface area (TPSA) is 58.6 Å². The van der Waals surface area contributed by atoms with Gasteiger partial charge in [0.25, 0.3) is 0 Å². The maximum absolute atomic E-state index is 12.6. The van der Waals surface area contributed by atoms with E-state index in [9.17, 15) is 8.42 Å². The number of piperidine rings is 1. The third-order valence-electron chi connectivity index (χ3n) is 4.27. The molecule has 22 heavy (non-hydrogen) atoms. The van der Waals surface area contributed by atoms with E-state index in [0.29, 0.717) is 17.2 Å². The lowest BCUT2D eigenvalue weighted by Gasteiger charge is -2.29. The van der Waals surface area contributed by atoms with Gasteiger partial charge in [0.1, 0.15) is 11.9 Å². The van der Waals surface area contributed by atoms with Gasteiger partial charge in [-0.1, -0.05) is 11.6 Å². The second-order valence-corrected chi connectivity index (χ2v) is 8.35. The molecule has 5 nitrogen and oxygen atoms in total. The van der Waals surface area contributed by atoms with Gasteiger partial charge in [0.05, 0.1) is 9.92 Å². The van der Waals surface area contributed by atoms with Crippen LogP contribution in [0.15, 0.2) is 17.0 Å². The smallest absolute Gasteiger partial charge is 0.240 e. The largest absolute Gasteiger partial charge is 0.489 e. The summed E-state index contributed by atoms with van der Waals surface area (Å²) in [6.07, 6.45) is 2.38. The van der Waals surface area contributed by atoms with E-state index >= 15 is 0 Å². The summed E-state index contributed by atoms with van der Waals surface area (Å²) in [5, 5.41) is 0.366. The molecule has 1 N–H and O–H groups in total. The summed E-state index contributed by atoms with van der Waals surface area (Å²) in [5.74, 6) is 0.618. The third-order valence-corrected chi connectivity index (χ3v) is 6.05. The fraction of sp³-hybridized carbons (Fsp3) is 0.600. The summed E-state index contributed by atoms with van der Waals surface area (Å²) >= 11 is 6.18. The van der Waals surface area contributed by atoms with Crippen molar-refractivity contribution in [2.75, 3.05) is 20.1 Å². The highest BCUT2D eigenvalue weighted by molar-refractivity contribution is 7.89. The van der Waals surface area contributed by atoms with Crippen molar-refractivity contribution < 1.29 is 13.2 Å². The van der Waals surface area contributed by atoms with Crippen LogP contribution in [-0.2, 0) is 16.4 Å². The van der Waals surface area contributed by atoms with E-state index in [2.05, 4.69) is 9.62 Å². The fourth-order valence-electron chi connectivity index (χ4n) is 3.03. The van der Waals surface area contributed by atoms with E-state index in [1.54, 1.807) is 6.07 Å². The number of fused-ring (bicyclic) bond motifs is 1. The molecular weight excluding hydrogens is 324 g/mol. The van der Waals surface area contributed by atoms with Crippen LogP contribution in [0.2, 0.25) is 5.02 Å². The number of nitrogens with one attached hydrogen (secondary N) is 1. The van der Waals surface area contributed by atoms with Crippen LogP contribution in [0.5, 0.6) is 5.75 Å². The first-order chi connectivity index (χ1) is 10.3. The Hall–Kier alpha value is -0.820. The first-order valence-electron chi connectivity index (χ1n) is 7.55.